The number of benzene rings is 1. The lowest BCUT2D eigenvalue weighted by Crippen LogP contribution is -2.47. The van der Waals surface area contributed by atoms with Crippen LogP contribution in [0.5, 0.6) is 0 Å². The number of likely N-dealkylation sites (tertiary alicyclic amines) is 1. The smallest absolute Gasteiger partial charge is 0.306 e. The zero-order valence-corrected chi connectivity index (χ0v) is 13.0. The normalized spacial score (nSPS) is 27.0. The van der Waals surface area contributed by atoms with E-state index in [0.717, 1.165) is 17.6 Å². The number of fused-ring (bicyclic) bond motifs is 1. The number of nitrogens with zero attached hydrogens (tertiary/aromatic N) is 3. The Kier molecular flexibility index (Phi) is 3.91. The first-order valence-corrected chi connectivity index (χ1v) is 7.98. The van der Waals surface area contributed by atoms with Crippen molar-refractivity contribution in [2.75, 3.05) is 0 Å². The lowest BCUT2D eigenvalue weighted by Gasteiger charge is -2.41. The molecule has 1 aromatic carbocycles. The number of piperidine rings is 1. The van der Waals surface area contributed by atoms with Crippen molar-refractivity contribution in [3.05, 3.63) is 23.8 Å². The molecule has 5 nitrogen and oxygen atoms in total. The molecule has 112 valence electrons. The Labute approximate surface area is 127 Å². The van der Waals surface area contributed by atoms with Crippen LogP contribution in [0.15, 0.2) is 18.2 Å². The van der Waals surface area contributed by atoms with Crippen molar-refractivity contribution in [3.63, 3.8) is 0 Å². The molecule has 1 saturated heterocycles. The molecule has 2 heterocycles. The molecule has 6 heteroatoms. The van der Waals surface area contributed by atoms with E-state index >= 15 is 0 Å². The number of hydrogen-bond acceptors (Lipinski definition) is 5. The quantitative estimate of drug-likeness (QED) is 0.944. The van der Waals surface area contributed by atoms with E-state index in [0.29, 0.717) is 12.8 Å². The summed E-state index contributed by atoms with van der Waals surface area (Å²) in [5.41, 5.74) is 3.09. The molecule has 0 aliphatic carbocycles. The highest BCUT2D eigenvalue weighted by Gasteiger charge is 2.34. The summed E-state index contributed by atoms with van der Waals surface area (Å²) in [6.07, 6.45) is 1.43. The van der Waals surface area contributed by atoms with Crippen LogP contribution in [0, 0.1) is 5.92 Å². The molecule has 2 aromatic rings. The zero-order valence-electron chi connectivity index (χ0n) is 12.2. The third kappa shape index (κ3) is 2.78. The van der Waals surface area contributed by atoms with Gasteiger partial charge in [0.05, 0.1) is 17.6 Å². The minimum absolute atomic E-state index is 0.219. The van der Waals surface area contributed by atoms with Gasteiger partial charge in [0.2, 0.25) is 0 Å². The fraction of sp³-hybridized carbons (Fsp3) is 0.533. The van der Waals surface area contributed by atoms with Crippen molar-refractivity contribution < 1.29 is 9.90 Å². The second-order valence-electron chi connectivity index (χ2n) is 5.93. The molecule has 21 heavy (non-hydrogen) atoms. The van der Waals surface area contributed by atoms with Crippen LogP contribution in [-0.2, 0) is 11.3 Å². The number of carboxylic acids is 1. The lowest BCUT2D eigenvalue weighted by molar-refractivity contribution is -0.145. The molecule has 1 aliphatic heterocycles. The average molecular weight is 305 g/mol. The van der Waals surface area contributed by atoms with Crippen LogP contribution in [-0.4, -0.2) is 36.8 Å². The van der Waals surface area contributed by atoms with Gasteiger partial charge in [0.15, 0.2) is 0 Å². The van der Waals surface area contributed by atoms with Crippen LogP contribution in [0.3, 0.4) is 0 Å². The topological polar surface area (TPSA) is 66.3 Å². The Morgan fingerprint density at radius 2 is 2.05 bits per heavy atom. The van der Waals surface area contributed by atoms with Gasteiger partial charge in [-0.05, 0) is 38.3 Å². The predicted octanol–water partition coefficient (Wildman–Crippen LogP) is 2.76. The molecule has 1 fully saturated rings. The summed E-state index contributed by atoms with van der Waals surface area (Å²) in [4.78, 5) is 13.6. The third-order valence-electron chi connectivity index (χ3n) is 4.46. The fourth-order valence-corrected chi connectivity index (χ4v) is 3.89. The highest BCUT2D eigenvalue weighted by Crippen LogP contribution is 2.30. The van der Waals surface area contributed by atoms with Gasteiger partial charge in [-0.1, -0.05) is 12.1 Å². The van der Waals surface area contributed by atoms with Crippen molar-refractivity contribution in [2.24, 2.45) is 5.92 Å². The van der Waals surface area contributed by atoms with Gasteiger partial charge in [0.25, 0.3) is 0 Å². The zero-order chi connectivity index (χ0) is 15.0. The largest absolute Gasteiger partial charge is 0.481 e. The summed E-state index contributed by atoms with van der Waals surface area (Å²) in [7, 11) is 0. The molecule has 1 aromatic heterocycles. The first-order valence-electron chi connectivity index (χ1n) is 7.25. The van der Waals surface area contributed by atoms with Crippen molar-refractivity contribution in [1.29, 1.82) is 0 Å². The SMILES string of the molecule is CC1CC(C(=O)O)CC(C)N1Cc1cccc2nsnc12. The summed E-state index contributed by atoms with van der Waals surface area (Å²) in [5.74, 6) is -0.887. The van der Waals surface area contributed by atoms with Crippen LogP contribution in [0.4, 0.5) is 0 Å². The average Bonchev–Trinajstić information content (AvgIpc) is 2.91. The molecular weight excluding hydrogens is 286 g/mol. The summed E-state index contributed by atoms with van der Waals surface area (Å²) in [6, 6.07) is 6.60. The van der Waals surface area contributed by atoms with Gasteiger partial charge in [0, 0.05) is 18.6 Å². The molecule has 0 bridgehead atoms. The van der Waals surface area contributed by atoms with Gasteiger partial charge in [-0.15, -0.1) is 0 Å². The standard InChI is InChI=1S/C15H19N3O2S/c1-9-6-12(15(19)20)7-10(2)18(9)8-11-4-3-5-13-14(11)17-21-16-13/h3-5,9-10,12H,6-8H2,1-2H3,(H,19,20). The van der Waals surface area contributed by atoms with E-state index in [1.54, 1.807) is 0 Å². The Hall–Kier alpha value is -1.53. The molecule has 0 amide bonds. The molecule has 0 spiro atoms. The lowest BCUT2D eigenvalue weighted by atomic mass is 9.87. The van der Waals surface area contributed by atoms with Crippen molar-refractivity contribution in [2.45, 2.75) is 45.3 Å². The molecule has 2 atom stereocenters. The van der Waals surface area contributed by atoms with Gasteiger partial charge in [-0.2, -0.15) is 8.75 Å². The van der Waals surface area contributed by atoms with E-state index in [4.69, 9.17) is 0 Å². The van der Waals surface area contributed by atoms with Crippen LogP contribution >= 0.6 is 11.7 Å². The van der Waals surface area contributed by atoms with E-state index in [2.05, 4.69) is 33.6 Å². The summed E-state index contributed by atoms with van der Waals surface area (Å²) < 4.78 is 8.67. The van der Waals surface area contributed by atoms with Gasteiger partial charge < -0.3 is 5.11 Å². The monoisotopic (exact) mass is 305 g/mol. The number of carboxylic acid groups (broad SMARTS) is 1. The maximum Gasteiger partial charge on any atom is 0.306 e. The fourth-order valence-electron chi connectivity index (χ4n) is 3.32. The molecule has 1 N–H and O–H groups in total. The number of hydrogen-bond donors (Lipinski definition) is 1. The number of rotatable bonds is 3. The van der Waals surface area contributed by atoms with Crippen LogP contribution in [0.2, 0.25) is 0 Å². The summed E-state index contributed by atoms with van der Waals surface area (Å²) >= 11 is 1.24. The minimum Gasteiger partial charge on any atom is -0.481 e. The molecule has 0 saturated carbocycles. The first-order chi connectivity index (χ1) is 10.1. The minimum atomic E-state index is -0.667. The molecule has 1 aliphatic rings. The molecule has 3 rings (SSSR count). The van der Waals surface area contributed by atoms with Crippen LogP contribution in [0.25, 0.3) is 11.0 Å². The van der Waals surface area contributed by atoms with Gasteiger partial charge in [-0.3, -0.25) is 9.69 Å². The van der Waals surface area contributed by atoms with E-state index < -0.39 is 5.97 Å². The summed E-state index contributed by atoms with van der Waals surface area (Å²) in [6.45, 7) is 5.04. The van der Waals surface area contributed by atoms with Crippen molar-refractivity contribution >= 4 is 28.7 Å². The highest BCUT2D eigenvalue weighted by molar-refractivity contribution is 7.00. The van der Waals surface area contributed by atoms with Gasteiger partial charge >= 0.3 is 5.97 Å². The second kappa shape index (κ2) is 5.69. The Morgan fingerprint density at radius 3 is 2.71 bits per heavy atom. The number of aromatic nitrogens is 2. The third-order valence-corrected chi connectivity index (χ3v) is 5.00. The van der Waals surface area contributed by atoms with Gasteiger partial charge in [-0.25, -0.2) is 0 Å². The maximum absolute atomic E-state index is 11.2. The maximum atomic E-state index is 11.2. The Bertz CT molecular complexity index is 645. The molecule has 0 radical (unpaired) electrons. The summed E-state index contributed by atoms with van der Waals surface area (Å²) in [5, 5.41) is 9.23. The highest BCUT2D eigenvalue weighted by atomic mass is 32.1. The number of aliphatic carboxylic acids is 1. The van der Waals surface area contributed by atoms with Crippen LogP contribution in [0.1, 0.15) is 32.3 Å². The Balaban J connectivity index is 1.81. The van der Waals surface area contributed by atoms with Crippen LogP contribution < -0.4 is 0 Å². The van der Waals surface area contributed by atoms with E-state index in [-0.39, 0.29) is 18.0 Å². The van der Waals surface area contributed by atoms with Crippen molar-refractivity contribution in [3.8, 4) is 0 Å². The Morgan fingerprint density at radius 1 is 1.33 bits per heavy atom. The van der Waals surface area contributed by atoms with E-state index in [1.165, 1.54) is 17.3 Å². The number of carbonyl (C=O) groups is 1. The van der Waals surface area contributed by atoms with E-state index in [9.17, 15) is 9.90 Å². The van der Waals surface area contributed by atoms with Crippen molar-refractivity contribution in [1.82, 2.24) is 13.6 Å². The predicted molar refractivity (Wildman–Crippen MR) is 82.2 cm³/mol. The first kappa shape index (κ1) is 14.4. The van der Waals surface area contributed by atoms with E-state index in [1.807, 2.05) is 12.1 Å². The second-order valence-corrected chi connectivity index (χ2v) is 6.45. The molecule has 2 unspecified atom stereocenters. The van der Waals surface area contributed by atoms with Gasteiger partial charge in [0.1, 0.15) is 11.0 Å². The molecular formula is C15H19N3O2S.